The van der Waals surface area contributed by atoms with Crippen LogP contribution in [0.3, 0.4) is 0 Å². The van der Waals surface area contributed by atoms with E-state index in [1.165, 1.54) is 6.07 Å². The Morgan fingerprint density at radius 1 is 1.36 bits per heavy atom. The van der Waals surface area contributed by atoms with Gasteiger partial charge in [0.2, 0.25) is 0 Å². The first-order chi connectivity index (χ1) is 12.3. The molecule has 0 atom stereocenters. The van der Waals surface area contributed by atoms with Crippen LogP contribution in [0.25, 0.3) is 0 Å². The monoisotopic (exact) mass is 381 g/mol. The van der Waals surface area contributed by atoms with Crippen LogP contribution in [0.1, 0.15) is 24.2 Å². The van der Waals surface area contributed by atoms with E-state index < -0.39 is 4.92 Å². The van der Waals surface area contributed by atoms with Crippen LogP contribution in [0.15, 0.2) is 30.3 Å². The predicted octanol–water partition coefficient (Wildman–Crippen LogP) is 4.71. The molecule has 1 heterocycles. The molecule has 1 amide bonds. The number of benzene rings is 2. The lowest BCUT2D eigenvalue weighted by atomic mass is 9.99. The van der Waals surface area contributed by atoms with Gasteiger partial charge in [0.15, 0.2) is 5.75 Å². The van der Waals surface area contributed by atoms with E-state index in [0.717, 1.165) is 12.1 Å². The zero-order valence-electron chi connectivity index (χ0n) is 14.2. The van der Waals surface area contributed by atoms with E-state index in [-0.39, 0.29) is 39.2 Å². The normalized spacial score (nSPS) is 14.1. The van der Waals surface area contributed by atoms with Gasteiger partial charge in [-0.05, 0) is 37.1 Å². The fraction of sp³-hybridized carbons (Fsp3) is 0.235. The number of rotatable bonds is 4. The van der Waals surface area contributed by atoms with Crippen molar-refractivity contribution in [2.24, 2.45) is 0 Å². The molecule has 0 unspecified atom stereocenters. The highest BCUT2D eigenvalue weighted by molar-refractivity contribution is 6.37. The number of nitro benzene ring substituents is 1. The van der Waals surface area contributed by atoms with E-state index in [1.807, 2.05) is 6.92 Å². The smallest absolute Gasteiger partial charge is 0.272 e. The molecule has 130 valence electrons. The summed E-state index contributed by atoms with van der Waals surface area (Å²) in [6.07, 6.45) is 0.548. The van der Waals surface area contributed by atoms with Crippen molar-refractivity contribution < 1.29 is 15.8 Å². The van der Waals surface area contributed by atoms with Gasteiger partial charge >= 0.3 is 0 Å². The summed E-state index contributed by atoms with van der Waals surface area (Å²) >= 11 is 12.1. The highest BCUT2D eigenvalue weighted by Crippen LogP contribution is 2.40. The third-order valence-electron chi connectivity index (χ3n) is 3.94. The standard InChI is InChI=1S/C17H14Cl2N2O4/c1-2-20-6-5-10-7-12(3-4-13(10)17(20)22)25-16-14(18)8-11(21(23)24)9-15(16)19/h3-4,7-9H,2,5-6H2,1H3/i7D. The number of hydrogen-bond acceptors (Lipinski definition) is 4. The number of hydrogen-bond donors (Lipinski definition) is 0. The molecule has 2 aromatic rings. The summed E-state index contributed by atoms with van der Waals surface area (Å²) in [6.45, 7) is 3.05. The van der Waals surface area contributed by atoms with Gasteiger partial charge in [-0.2, -0.15) is 0 Å². The number of ether oxygens (including phenoxy) is 1. The van der Waals surface area contributed by atoms with Gasteiger partial charge in [0, 0.05) is 30.8 Å². The molecule has 2 aromatic carbocycles. The fourth-order valence-corrected chi connectivity index (χ4v) is 3.21. The van der Waals surface area contributed by atoms with E-state index in [4.69, 9.17) is 29.3 Å². The minimum atomic E-state index is -0.610. The van der Waals surface area contributed by atoms with Crippen molar-refractivity contribution >= 4 is 34.8 Å². The first-order valence-corrected chi connectivity index (χ1v) is 8.32. The van der Waals surface area contributed by atoms with Crippen molar-refractivity contribution in [1.29, 1.82) is 0 Å². The molecule has 0 radical (unpaired) electrons. The largest absolute Gasteiger partial charge is 0.454 e. The van der Waals surface area contributed by atoms with Crippen LogP contribution in [-0.2, 0) is 6.42 Å². The van der Waals surface area contributed by atoms with E-state index >= 15 is 0 Å². The molecule has 6 nitrogen and oxygen atoms in total. The van der Waals surface area contributed by atoms with Gasteiger partial charge < -0.3 is 9.64 Å². The molecule has 0 N–H and O–H groups in total. The molecule has 8 heteroatoms. The van der Waals surface area contributed by atoms with Crippen LogP contribution >= 0.6 is 23.2 Å². The van der Waals surface area contributed by atoms with Crippen LogP contribution in [0.4, 0.5) is 5.69 Å². The second-order valence-electron chi connectivity index (χ2n) is 5.45. The lowest BCUT2D eigenvalue weighted by Crippen LogP contribution is -2.37. The van der Waals surface area contributed by atoms with E-state index in [9.17, 15) is 14.9 Å². The molecule has 1 aliphatic heterocycles. The highest BCUT2D eigenvalue weighted by atomic mass is 35.5. The second kappa shape index (κ2) is 6.90. The van der Waals surface area contributed by atoms with Gasteiger partial charge in [0.25, 0.3) is 11.6 Å². The number of amides is 1. The topological polar surface area (TPSA) is 72.7 Å². The number of likely N-dealkylation sites (N-methyl/N-ethyl adjacent to an activating group) is 1. The Hall–Kier alpha value is -2.31. The Labute approximate surface area is 155 Å². The summed E-state index contributed by atoms with van der Waals surface area (Å²) in [4.78, 5) is 24.3. The van der Waals surface area contributed by atoms with Crippen LogP contribution in [0.5, 0.6) is 11.5 Å². The Balaban J connectivity index is 1.98. The number of carbonyl (C=O) groups is 1. The second-order valence-corrected chi connectivity index (χ2v) is 6.26. The molecule has 1 aliphatic rings. The van der Waals surface area contributed by atoms with Gasteiger partial charge in [-0.1, -0.05) is 23.2 Å². The number of non-ortho nitro benzene ring substituents is 1. The summed E-state index contributed by atoms with van der Waals surface area (Å²) in [5.74, 6) is 0.101. The molecular weight excluding hydrogens is 367 g/mol. The van der Waals surface area contributed by atoms with E-state index in [1.54, 1.807) is 11.0 Å². The van der Waals surface area contributed by atoms with Crippen LogP contribution in [0.2, 0.25) is 10.0 Å². The maximum atomic E-state index is 12.4. The van der Waals surface area contributed by atoms with Crippen molar-refractivity contribution in [3.05, 3.63) is 61.6 Å². The Kier molecular flexibility index (Phi) is 4.46. The van der Waals surface area contributed by atoms with Crippen molar-refractivity contribution in [2.45, 2.75) is 13.3 Å². The third kappa shape index (κ3) is 3.41. The van der Waals surface area contributed by atoms with Gasteiger partial charge in [-0.3, -0.25) is 14.9 Å². The zero-order valence-corrected chi connectivity index (χ0v) is 14.7. The van der Waals surface area contributed by atoms with Crippen LogP contribution < -0.4 is 4.74 Å². The van der Waals surface area contributed by atoms with Gasteiger partial charge in [-0.25, -0.2) is 0 Å². The minimum absolute atomic E-state index is 0.0321. The lowest BCUT2D eigenvalue weighted by Gasteiger charge is -2.27. The number of nitrogens with zero attached hydrogens (tertiary/aromatic N) is 2. The zero-order chi connectivity index (χ0) is 19.0. The third-order valence-corrected chi connectivity index (χ3v) is 4.50. The molecule has 0 aromatic heterocycles. The lowest BCUT2D eigenvalue weighted by molar-refractivity contribution is -0.384. The Bertz CT molecular complexity index is 897. The molecule has 0 saturated heterocycles. The molecular formula is C17H14Cl2N2O4. The van der Waals surface area contributed by atoms with Crippen LogP contribution in [-0.4, -0.2) is 28.8 Å². The SMILES string of the molecule is [2H]c1c(Oc2c(Cl)cc([N+](=O)[O-])cc2Cl)ccc2c1CCN(CC)C2=O. The van der Waals surface area contributed by atoms with Crippen molar-refractivity contribution in [2.75, 3.05) is 13.1 Å². The average molecular weight is 382 g/mol. The predicted molar refractivity (Wildman–Crippen MR) is 94.9 cm³/mol. The Morgan fingerprint density at radius 2 is 2.04 bits per heavy atom. The molecule has 3 rings (SSSR count). The summed E-state index contributed by atoms with van der Waals surface area (Å²) in [5, 5.41) is 10.8. The fourth-order valence-electron chi connectivity index (χ4n) is 2.65. The highest BCUT2D eigenvalue weighted by Gasteiger charge is 2.24. The average Bonchev–Trinajstić information content (AvgIpc) is 2.60. The Morgan fingerprint density at radius 3 is 2.64 bits per heavy atom. The van der Waals surface area contributed by atoms with E-state index in [2.05, 4.69) is 0 Å². The summed E-state index contributed by atoms with van der Waals surface area (Å²) in [7, 11) is 0. The maximum absolute atomic E-state index is 12.4. The van der Waals surface area contributed by atoms with Crippen molar-refractivity contribution in [3.8, 4) is 11.5 Å². The van der Waals surface area contributed by atoms with Gasteiger partial charge in [0.1, 0.15) is 5.75 Å². The quantitative estimate of drug-likeness (QED) is 0.567. The number of fused-ring (bicyclic) bond motifs is 1. The number of nitro groups is 1. The van der Waals surface area contributed by atoms with Gasteiger partial charge in [-0.15, -0.1) is 0 Å². The molecule has 0 fully saturated rings. The molecule has 0 saturated carbocycles. The summed E-state index contributed by atoms with van der Waals surface area (Å²) in [5.41, 5.74) is 0.830. The van der Waals surface area contributed by atoms with Crippen molar-refractivity contribution in [3.63, 3.8) is 0 Å². The molecule has 0 bridgehead atoms. The van der Waals surface area contributed by atoms with Gasteiger partial charge in [0.05, 0.1) is 16.3 Å². The summed E-state index contributed by atoms with van der Waals surface area (Å²) < 4.78 is 14.0. The molecule has 25 heavy (non-hydrogen) atoms. The first-order valence-electron chi connectivity index (χ1n) is 8.06. The van der Waals surface area contributed by atoms with E-state index in [0.29, 0.717) is 30.6 Å². The minimum Gasteiger partial charge on any atom is -0.454 e. The number of halogens is 2. The first kappa shape index (κ1) is 16.2. The van der Waals surface area contributed by atoms with Crippen molar-refractivity contribution in [1.82, 2.24) is 4.90 Å². The maximum Gasteiger partial charge on any atom is 0.272 e. The van der Waals surface area contributed by atoms with Crippen LogP contribution in [0, 0.1) is 10.1 Å². The molecule has 0 aliphatic carbocycles. The number of carbonyl (C=O) groups excluding carboxylic acids is 1. The molecule has 0 spiro atoms. The summed E-state index contributed by atoms with van der Waals surface area (Å²) in [6, 6.07) is 5.46.